The van der Waals surface area contributed by atoms with Gasteiger partial charge in [-0.3, -0.25) is 0 Å². The highest BCUT2D eigenvalue weighted by molar-refractivity contribution is 7.89. The molecule has 1 heterocycles. The number of aryl methyl sites for hydroxylation is 1. The van der Waals surface area contributed by atoms with Gasteiger partial charge < -0.3 is 9.31 Å². The lowest BCUT2D eigenvalue weighted by Gasteiger charge is -2.32. The van der Waals surface area contributed by atoms with Gasteiger partial charge in [0.1, 0.15) is 0 Å². The van der Waals surface area contributed by atoms with Gasteiger partial charge in [0.25, 0.3) is 0 Å². The van der Waals surface area contributed by atoms with E-state index in [1.807, 2.05) is 40.7 Å². The fraction of sp³-hybridized carbons (Fsp3) is 0.647. The first kappa shape index (κ1) is 17.9. The molecule has 7 heteroatoms. The molecule has 2 fully saturated rings. The van der Waals surface area contributed by atoms with E-state index < -0.39 is 28.3 Å². The highest BCUT2D eigenvalue weighted by Crippen LogP contribution is 2.36. The van der Waals surface area contributed by atoms with Crippen molar-refractivity contribution in [1.82, 2.24) is 4.72 Å². The van der Waals surface area contributed by atoms with Gasteiger partial charge in [0.2, 0.25) is 10.0 Å². The smallest absolute Gasteiger partial charge is 0.399 e. The fourth-order valence-corrected chi connectivity index (χ4v) is 4.30. The second-order valence-corrected chi connectivity index (χ2v) is 9.63. The van der Waals surface area contributed by atoms with Crippen LogP contribution in [-0.4, -0.2) is 32.8 Å². The highest BCUT2D eigenvalue weighted by Gasteiger charge is 2.51. The first-order valence-corrected chi connectivity index (χ1v) is 9.98. The molecule has 0 atom stereocenters. The zero-order valence-electron chi connectivity index (χ0n) is 15.0. The lowest BCUT2D eigenvalue weighted by molar-refractivity contribution is 0.00578. The summed E-state index contributed by atoms with van der Waals surface area (Å²) >= 11 is 0. The molecule has 1 saturated heterocycles. The average Bonchev–Trinajstić information content (AvgIpc) is 2.62. The number of hydrogen-bond acceptors (Lipinski definition) is 4. The molecule has 0 unspecified atom stereocenters. The number of rotatable bonds is 4. The SMILES string of the molecule is Cc1cc(B2OC(C)(C)C(C)(C)O2)cc(S(=O)(=O)NC2CCC2)c1. The van der Waals surface area contributed by atoms with E-state index in [1.54, 1.807) is 12.1 Å². The third-order valence-corrected chi connectivity index (χ3v) is 6.84. The van der Waals surface area contributed by atoms with Gasteiger partial charge in [-0.25, -0.2) is 13.1 Å². The molecule has 2 aliphatic rings. The van der Waals surface area contributed by atoms with Gasteiger partial charge in [-0.15, -0.1) is 0 Å². The minimum Gasteiger partial charge on any atom is -0.399 e. The molecular formula is C17H26BNO4S. The standard InChI is InChI=1S/C17H26BNO4S/c1-12-9-13(18-22-16(2,3)17(4,5)23-18)11-15(10-12)24(20,21)19-14-7-6-8-14/h9-11,14,19H,6-8H2,1-5H3. The number of sulfonamides is 1. The summed E-state index contributed by atoms with van der Waals surface area (Å²) in [5, 5.41) is 0. The Morgan fingerprint density at radius 2 is 1.67 bits per heavy atom. The number of benzene rings is 1. The summed E-state index contributed by atoms with van der Waals surface area (Å²) in [6, 6.07) is 5.34. The quantitative estimate of drug-likeness (QED) is 0.844. The maximum absolute atomic E-state index is 12.6. The molecule has 5 nitrogen and oxygen atoms in total. The summed E-state index contributed by atoms with van der Waals surface area (Å²) in [7, 11) is -4.08. The number of nitrogens with one attached hydrogen (secondary N) is 1. The maximum atomic E-state index is 12.6. The largest absolute Gasteiger partial charge is 0.494 e. The average molecular weight is 351 g/mol. The number of hydrogen-bond donors (Lipinski definition) is 1. The zero-order chi connectivity index (χ0) is 17.8. The Labute approximate surface area is 145 Å². The van der Waals surface area contributed by atoms with Crippen molar-refractivity contribution in [3.05, 3.63) is 23.8 Å². The van der Waals surface area contributed by atoms with Crippen LogP contribution >= 0.6 is 0 Å². The van der Waals surface area contributed by atoms with E-state index in [4.69, 9.17) is 9.31 Å². The Bertz CT molecular complexity index is 725. The summed E-state index contributed by atoms with van der Waals surface area (Å²) in [6.45, 7) is 9.82. The third kappa shape index (κ3) is 3.27. The summed E-state index contributed by atoms with van der Waals surface area (Å²) in [5.74, 6) is 0. The summed E-state index contributed by atoms with van der Waals surface area (Å²) in [5.41, 5.74) is 0.703. The minimum absolute atomic E-state index is 0.0656. The molecule has 1 N–H and O–H groups in total. The van der Waals surface area contributed by atoms with Crippen molar-refractivity contribution in [3.63, 3.8) is 0 Å². The fourth-order valence-electron chi connectivity index (χ4n) is 2.86. The molecule has 24 heavy (non-hydrogen) atoms. The van der Waals surface area contributed by atoms with Gasteiger partial charge in [-0.2, -0.15) is 0 Å². The van der Waals surface area contributed by atoms with Crippen molar-refractivity contribution in [2.45, 2.75) is 76.0 Å². The molecule has 132 valence electrons. The van der Waals surface area contributed by atoms with E-state index in [0.717, 1.165) is 30.3 Å². The summed E-state index contributed by atoms with van der Waals surface area (Å²) in [4.78, 5) is 0.277. The van der Waals surface area contributed by atoms with Gasteiger partial charge in [-0.05, 0) is 65.1 Å². The molecule has 0 aromatic heterocycles. The van der Waals surface area contributed by atoms with Crippen molar-refractivity contribution in [3.8, 4) is 0 Å². The zero-order valence-corrected chi connectivity index (χ0v) is 15.9. The maximum Gasteiger partial charge on any atom is 0.494 e. The van der Waals surface area contributed by atoms with E-state index in [9.17, 15) is 8.42 Å². The first-order valence-electron chi connectivity index (χ1n) is 8.50. The van der Waals surface area contributed by atoms with E-state index in [1.165, 1.54) is 0 Å². The van der Waals surface area contributed by atoms with Gasteiger partial charge in [0.05, 0.1) is 16.1 Å². The van der Waals surface area contributed by atoms with Crippen LogP contribution in [0.1, 0.15) is 52.5 Å². The molecule has 0 amide bonds. The molecule has 1 aromatic rings. The van der Waals surface area contributed by atoms with Crippen LogP contribution in [0.2, 0.25) is 0 Å². The molecule has 1 saturated carbocycles. The van der Waals surface area contributed by atoms with Crippen molar-refractivity contribution < 1.29 is 17.7 Å². The Morgan fingerprint density at radius 3 is 2.17 bits per heavy atom. The summed E-state index contributed by atoms with van der Waals surface area (Å²) < 4.78 is 40.1. The Balaban J connectivity index is 1.90. The van der Waals surface area contributed by atoms with Crippen LogP contribution in [0, 0.1) is 6.92 Å². The van der Waals surface area contributed by atoms with E-state index in [-0.39, 0.29) is 10.9 Å². The molecule has 3 rings (SSSR count). The Kier molecular flexibility index (Phi) is 4.36. The van der Waals surface area contributed by atoms with Crippen LogP contribution in [-0.2, 0) is 19.3 Å². The van der Waals surface area contributed by atoms with E-state index in [0.29, 0.717) is 0 Å². The topological polar surface area (TPSA) is 64.6 Å². The van der Waals surface area contributed by atoms with E-state index >= 15 is 0 Å². The Morgan fingerprint density at radius 1 is 1.08 bits per heavy atom. The van der Waals surface area contributed by atoms with Crippen molar-refractivity contribution in [1.29, 1.82) is 0 Å². The van der Waals surface area contributed by atoms with Gasteiger partial charge >= 0.3 is 7.12 Å². The van der Waals surface area contributed by atoms with Crippen molar-refractivity contribution >= 4 is 22.6 Å². The van der Waals surface area contributed by atoms with Crippen LogP contribution < -0.4 is 10.2 Å². The molecule has 1 aliphatic heterocycles. The van der Waals surface area contributed by atoms with Crippen LogP contribution in [0.4, 0.5) is 0 Å². The molecular weight excluding hydrogens is 325 g/mol. The predicted octanol–water partition coefficient (Wildman–Crippen LogP) is 2.13. The highest BCUT2D eigenvalue weighted by atomic mass is 32.2. The minimum atomic E-state index is -3.51. The summed E-state index contributed by atoms with van der Waals surface area (Å²) in [6.07, 6.45) is 2.91. The lowest BCUT2D eigenvalue weighted by Crippen LogP contribution is -2.41. The Hall–Kier alpha value is -0.885. The van der Waals surface area contributed by atoms with Crippen LogP contribution in [0.15, 0.2) is 23.1 Å². The molecule has 0 spiro atoms. The second kappa shape index (κ2) is 5.83. The normalized spacial score (nSPS) is 23.3. The predicted molar refractivity (Wildman–Crippen MR) is 94.9 cm³/mol. The van der Waals surface area contributed by atoms with Gasteiger partial charge in [0.15, 0.2) is 0 Å². The van der Waals surface area contributed by atoms with Crippen molar-refractivity contribution in [2.75, 3.05) is 0 Å². The van der Waals surface area contributed by atoms with Crippen molar-refractivity contribution in [2.24, 2.45) is 0 Å². The van der Waals surface area contributed by atoms with Crippen LogP contribution in [0.3, 0.4) is 0 Å². The monoisotopic (exact) mass is 351 g/mol. The third-order valence-electron chi connectivity index (χ3n) is 5.34. The molecule has 1 aromatic carbocycles. The lowest BCUT2D eigenvalue weighted by atomic mass is 9.78. The van der Waals surface area contributed by atoms with Crippen LogP contribution in [0.5, 0.6) is 0 Å². The van der Waals surface area contributed by atoms with Crippen LogP contribution in [0.25, 0.3) is 0 Å². The molecule has 0 bridgehead atoms. The molecule has 0 radical (unpaired) electrons. The van der Waals surface area contributed by atoms with Gasteiger partial charge in [-0.1, -0.05) is 18.1 Å². The van der Waals surface area contributed by atoms with E-state index in [2.05, 4.69) is 4.72 Å². The first-order chi connectivity index (χ1) is 11.0. The van der Waals surface area contributed by atoms with Gasteiger partial charge in [0, 0.05) is 6.04 Å². The molecule has 1 aliphatic carbocycles. The second-order valence-electron chi connectivity index (χ2n) is 7.92.